The molecule has 1 saturated carbocycles. The molecule has 3 fully saturated rings. The highest BCUT2D eigenvalue weighted by Gasteiger charge is 2.51. The fraction of sp³-hybridized carbons (Fsp3) is 0.692. The van der Waals surface area contributed by atoms with Crippen LogP contribution in [0.25, 0.3) is 0 Å². The Labute approximate surface area is 202 Å². The summed E-state index contributed by atoms with van der Waals surface area (Å²) in [6.07, 6.45) is 3.95. The van der Waals surface area contributed by atoms with Crippen molar-refractivity contribution in [3.8, 4) is 0 Å². The van der Waals surface area contributed by atoms with Gasteiger partial charge in [-0.05, 0) is 55.7 Å². The Morgan fingerprint density at radius 2 is 1.85 bits per heavy atom. The first-order valence-electron chi connectivity index (χ1n) is 12.2. The number of ether oxygens (including phenoxy) is 1. The number of hydrogen-bond donors (Lipinski definition) is 2. The summed E-state index contributed by atoms with van der Waals surface area (Å²) in [5, 5.41) is 15.3. The second kappa shape index (κ2) is 8.86. The van der Waals surface area contributed by atoms with Gasteiger partial charge in [-0.2, -0.15) is 0 Å². The van der Waals surface area contributed by atoms with Crippen molar-refractivity contribution in [2.45, 2.75) is 77.0 Å². The van der Waals surface area contributed by atoms with Gasteiger partial charge in [0.25, 0.3) is 0 Å². The Hall–Kier alpha value is -1.63. The number of benzene rings is 1. The van der Waals surface area contributed by atoms with E-state index in [4.69, 9.17) is 16.3 Å². The number of carbonyl (C=O) groups excluding carboxylic acids is 2. The van der Waals surface area contributed by atoms with Crippen LogP contribution in [0.2, 0.25) is 5.02 Å². The molecule has 1 aliphatic carbocycles. The smallest absolute Gasteiger partial charge is 0.245 e. The van der Waals surface area contributed by atoms with Crippen LogP contribution in [0.3, 0.4) is 0 Å². The standard InChI is InChI=1S/C26H37ClN2O4/c1-17(2)21(28-22(30)18-9-10-25(15-18)12-14-33-25)23(31)29-13-11-26(32,24(3,4)16-29)19-5-7-20(27)8-6-19/h5-8,17-18,21,32H,9-16H2,1-4H3,(H,28,30)/t18-,21-,25?,26+/m1/s1. The number of likely N-dealkylation sites (tertiary alicyclic amines) is 1. The molecule has 7 heteroatoms. The summed E-state index contributed by atoms with van der Waals surface area (Å²) in [5.41, 5.74) is -0.917. The summed E-state index contributed by atoms with van der Waals surface area (Å²) in [6, 6.07) is 6.72. The minimum atomic E-state index is -1.06. The Bertz CT molecular complexity index is 896. The highest BCUT2D eigenvalue weighted by Crippen LogP contribution is 2.47. The second-order valence-corrected chi connectivity index (χ2v) is 11.6. The van der Waals surface area contributed by atoms with Crippen molar-refractivity contribution in [2.75, 3.05) is 19.7 Å². The number of halogens is 1. The molecule has 0 radical (unpaired) electrons. The number of piperidine rings is 1. The fourth-order valence-electron chi connectivity index (χ4n) is 5.82. The summed E-state index contributed by atoms with van der Waals surface area (Å²) in [5.74, 6) is -0.232. The Morgan fingerprint density at radius 1 is 1.18 bits per heavy atom. The number of nitrogens with one attached hydrogen (secondary N) is 1. The van der Waals surface area contributed by atoms with Gasteiger partial charge in [-0.3, -0.25) is 9.59 Å². The van der Waals surface area contributed by atoms with Crippen LogP contribution in [0.5, 0.6) is 0 Å². The molecule has 4 rings (SSSR count). The highest BCUT2D eigenvalue weighted by atomic mass is 35.5. The molecule has 2 amide bonds. The lowest BCUT2D eigenvalue weighted by Gasteiger charge is -2.51. The van der Waals surface area contributed by atoms with Crippen molar-refractivity contribution in [3.05, 3.63) is 34.9 Å². The van der Waals surface area contributed by atoms with E-state index in [2.05, 4.69) is 5.32 Å². The number of hydrogen-bond acceptors (Lipinski definition) is 4. The molecule has 3 aliphatic rings. The molecule has 2 heterocycles. The zero-order chi connectivity index (χ0) is 24.0. The maximum Gasteiger partial charge on any atom is 0.245 e. The van der Waals surface area contributed by atoms with Crippen LogP contribution in [0, 0.1) is 17.3 Å². The average molecular weight is 477 g/mol. The summed E-state index contributed by atoms with van der Waals surface area (Å²) in [4.78, 5) is 28.4. The van der Waals surface area contributed by atoms with Gasteiger partial charge < -0.3 is 20.1 Å². The van der Waals surface area contributed by atoms with Gasteiger partial charge >= 0.3 is 0 Å². The van der Waals surface area contributed by atoms with Crippen LogP contribution in [0.1, 0.15) is 65.4 Å². The van der Waals surface area contributed by atoms with Crippen LogP contribution in [0.4, 0.5) is 0 Å². The Balaban J connectivity index is 1.43. The number of amides is 2. The quantitative estimate of drug-likeness (QED) is 0.675. The van der Waals surface area contributed by atoms with Crippen LogP contribution in [-0.2, 0) is 19.9 Å². The van der Waals surface area contributed by atoms with Gasteiger partial charge in [0, 0.05) is 29.4 Å². The van der Waals surface area contributed by atoms with E-state index < -0.39 is 17.1 Å². The monoisotopic (exact) mass is 476 g/mol. The molecule has 0 aromatic heterocycles. The van der Waals surface area contributed by atoms with Crippen LogP contribution in [0.15, 0.2) is 24.3 Å². The maximum absolute atomic E-state index is 13.6. The summed E-state index contributed by atoms with van der Waals surface area (Å²) >= 11 is 6.04. The van der Waals surface area contributed by atoms with E-state index in [9.17, 15) is 14.7 Å². The SMILES string of the molecule is CC(C)[C@@H](NC(=O)[C@@H]1CCC2(CCO2)C1)C(=O)N1CC[C@](O)(c2ccc(Cl)cc2)C(C)(C)C1. The van der Waals surface area contributed by atoms with E-state index in [-0.39, 0.29) is 29.3 Å². The second-order valence-electron chi connectivity index (χ2n) is 11.2. The van der Waals surface area contributed by atoms with Crippen molar-refractivity contribution in [1.82, 2.24) is 10.2 Å². The maximum atomic E-state index is 13.6. The molecule has 33 heavy (non-hydrogen) atoms. The highest BCUT2D eigenvalue weighted by molar-refractivity contribution is 6.30. The van der Waals surface area contributed by atoms with E-state index in [1.807, 2.05) is 39.8 Å². The van der Waals surface area contributed by atoms with E-state index in [0.717, 1.165) is 37.9 Å². The third kappa shape index (κ3) is 4.54. The molecule has 4 atom stereocenters. The van der Waals surface area contributed by atoms with E-state index in [1.54, 1.807) is 17.0 Å². The lowest BCUT2D eigenvalue weighted by Crippen LogP contribution is -2.60. The third-order valence-electron chi connectivity index (χ3n) is 8.22. The third-order valence-corrected chi connectivity index (χ3v) is 8.47. The minimum Gasteiger partial charge on any atom is -0.384 e. The van der Waals surface area contributed by atoms with E-state index in [1.165, 1.54) is 0 Å². The van der Waals surface area contributed by atoms with Crippen LogP contribution in [-0.4, -0.2) is 53.2 Å². The van der Waals surface area contributed by atoms with Crippen molar-refractivity contribution in [3.63, 3.8) is 0 Å². The molecule has 1 unspecified atom stereocenters. The number of rotatable bonds is 5. The largest absolute Gasteiger partial charge is 0.384 e. The van der Waals surface area contributed by atoms with Gasteiger partial charge in [0.2, 0.25) is 11.8 Å². The van der Waals surface area contributed by atoms with Crippen molar-refractivity contribution in [1.29, 1.82) is 0 Å². The minimum absolute atomic E-state index is 0.0306. The fourth-order valence-corrected chi connectivity index (χ4v) is 5.94. The van der Waals surface area contributed by atoms with Crippen molar-refractivity contribution in [2.24, 2.45) is 17.3 Å². The first kappa shape index (κ1) is 24.5. The first-order chi connectivity index (χ1) is 15.5. The van der Waals surface area contributed by atoms with Crippen LogP contribution < -0.4 is 5.32 Å². The zero-order valence-corrected chi connectivity index (χ0v) is 21.0. The molecule has 6 nitrogen and oxygen atoms in total. The van der Waals surface area contributed by atoms with Crippen molar-refractivity contribution < 1.29 is 19.4 Å². The molecular formula is C26H37ClN2O4. The number of nitrogens with zero attached hydrogens (tertiary/aromatic N) is 1. The molecule has 1 aromatic rings. The van der Waals surface area contributed by atoms with E-state index in [0.29, 0.717) is 24.5 Å². The lowest BCUT2D eigenvalue weighted by atomic mass is 9.66. The molecule has 1 spiro atoms. The lowest BCUT2D eigenvalue weighted by molar-refractivity contribution is -0.157. The van der Waals surface area contributed by atoms with Gasteiger partial charge in [0.05, 0.1) is 17.8 Å². The molecule has 0 bridgehead atoms. The van der Waals surface area contributed by atoms with Gasteiger partial charge in [0.1, 0.15) is 6.04 Å². The molecular weight excluding hydrogens is 440 g/mol. The van der Waals surface area contributed by atoms with Gasteiger partial charge in [-0.15, -0.1) is 0 Å². The predicted molar refractivity (Wildman–Crippen MR) is 128 cm³/mol. The van der Waals surface area contributed by atoms with Crippen molar-refractivity contribution >= 4 is 23.4 Å². The van der Waals surface area contributed by atoms with Gasteiger partial charge in [-0.1, -0.05) is 51.4 Å². The molecule has 2 saturated heterocycles. The first-order valence-corrected chi connectivity index (χ1v) is 12.6. The number of aliphatic hydroxyl groups is 1. The summed E-state index contributed by atoms with van der Waals surface area (Å²) in [6.45, 7) is 9.53. The zero-order valence-electron chi connectivity index (χ0n) is 20.2. The Morgan fingerprint density at radius 3 is 2.36 bits per heavy atom. The normalized spacial score (nSPS) is 32.0. The van der Waals surface area contributed by atoms with Crippen LogP contribution >= 0.6 is 11.6 Å². The van der Waals surface area contributed by atoms with E-state index >= 15 is 0 Å². The molecule has 1 aromatic carbocycles. The molecule has 2 N–H and O–H groups in total. The Kier molecular flexibility index (Phi) is 6.58. The number of carbonyl (C=O) groups is 2. The predicted octanol–water partition coefficient (Wildman–Crippen LogP) is 3.89. The van der Waals surface area contributed by atoms with Gasteiger partial charge in [-0.25, -0.2) is 0 Å². The topological polar surface area (TPSA) is 78.9 Å². The summed E-state index contributed by atoms with van der Waals surface area (Å²) < 4.78 is 5.75. The van der Waals surface area contributed by atoms with Gasteiger partial charge in [0.15, 0.2) is 0 Å². The molecule has 2 aliphatic heterocycles. The average Bonchev–Trinajstić information content (AvgIpc) is 3.20. The summed E-state index contributed by atoms with van der Waals surface area (Å²) in [7, 11) is 0. The molecule has 182 valence electrons.